The van der Waals surface area contributed by atoms with Gasteiger partial charge in [-0.1, -0.05) is 31.2 Å². The molecular formula is C16H12N2. The van der Waals surface area contributed by atoms with Crippen molar-refractivity contribution in [3.63, 3.8) is 0 Å². The van der Waals surface area contributed by atoms with Crippen molar-refractivity contribution in [2.24, 2.45) is 0 Å². The highest BCUT2D eigenvalue weighted by atomic mass is 14.3. The Hall–Kier alpha value is -2.58. The fourth-order valence-electron chi connectivity index (χ4n) is 1.86. The van der Waals surface area contributed by atoms with E-state index in [1.165, 1.54) is 5.56 Å². The molecule has 0 aromatic heterocycles. The van der Waals surface area contributed by atoms with Gasteiger partial charge in [0.25, 0.3) is 0 Å². The van der Waals surface area contributed by atoms with E-state index in [9.17, 15) is 0 Å². The third kappa shape index (κ3) is 2.39. The lowest BCUT2D eigenvalue weighted by molar-refractivity contribution is 1.14. The molecule has 0 spiro atoms. The van der Waals surface area contributed by atoms with E-state index in [1.54, 1.807) is 6.07 Å². The van der Waals surface area contributed by atoms with Gasteiger partial charge in [0.15, 0.2) is 0 Å². The Morgan fingerprint density at radius 3 is 1.83 bits per heavy atom. The molecule has 2 nitrogen and oxygen atoms in total. The number of nitriles is 2. The summed E-state index contributed by atoms with van der Waals surface area (Å²) in [6.45, 7) is 2.11. The van der Waals surface area contributed by atoms with E-state index in [0.717, 1.165) is 17.5 Å². The van der Waals surface area contributed by atoms with Gasteiger partial charge in [-0.15, -0.1) is 0 Å². The van der Waals surface area contributed by atoms with Crippen LogP contribution < -0.4 is 0 Å². The van der Waals surface area contributed by atoms with Gasteiger partial charge in [0.2, 0.25) is 0 Å². The number of hydrogen-bond donors (Lipinski definition) is 0. The van der Waals surface area contributed by atoms with Crippen molar-refractivity contribution in [3.8, 4) is 23.3 Å². The highest BCUT2D eigenvalue weighted by Gasteiger charge is 2.03. The van der Waals surface area contributed by atoms with Gasteiger partial charge in [-0.05, 0) is 41.3 Å². The fourth-order valence-corrected chi connectivity index (χ4v) is 1.86. The van der Waals surface area contributed by atoms with Gasteiger partial charge < -0.3 is 0 Å². The monoisotopic (exact) mass is 232 g/mol. The van der Waals surface area contributed by atoms with E-state index in [0.29, 0.717) is 11.1 Å². The molecule has 0 amide bonds. The molecule has 86 valence electrons. The van der Waals surface area contributed by atoms with Gasteiger partial charge >= 0.3 is 0 Å². The van der Waals surface area contributed by atoms with Crippen LogP contribution >= 0.6 is 0 Å². The highest BCUT2D eigenvalue weighted by molar-refractivity contribution is 5.67. The molecule has 0 saturated carbocycles. The van der Waals surface area contributed by atoms with Crippen LogP contribution in [0, 0.1) is 22.7 Å². The summed E-state index contributed by atoms with van der Waals surface area (Å²) in [5, 5.41) is 17.9. The zero-order valence-corrected chi connectivity index (χ0v) is 10.1. The van der Waals surface area contributed by atoms with Crippen LogP contribution in [0.5, 0.6) is 0 Å². The van der Waals surface area contributed by atoms with Crippen LogP contribution in [0.4, 0.5) is 0 Å². The average Bonchev–Trinajstić information content (AvgIpc) is 2.46. The van der Waals surface area contributed by atoms with Crippen molar-refractivity contribution in [3.05, 3.63) is 59.2 Å². The summed E-state index contributed by atoms with van der Waals surface area (Å²) in [6, 6.07) is 17.6. The molecule has 0 aliphatic heterocycles. The van der Waals surface area contributed by atoms with Gasteiger partial charge in [0.1, 0.15) is 0 Å². The van der Waals surface area contributed by atoms with Crippen LogP contribution in [-0.2, 0) is 6.42 Å². The van der Waals surface area contributed by atoms with E-state index in [1.807, 2.05) is 24.3 Å². The zero-order valence-electron chi connectivity index (χ0n) is 10.1. The number of aryl methyl sites for hydroxylation is 1. The molecule has 0 aliphatic rings. The van der Waals surface area contributed by atoms with E-state index in [-0.39, 0.29) is 0 Å². The van der Waals surface area contributed by atoms with Crippen molar-refractivity contribution in [1.82, 2.24) is 0 Å². The van der Waals surface area contributed by atoms with Gasteiger partial charge in [0.05, 0.1) is 23.3 Å². The molecule has 0 bridgehead atoms. The van der Waals surface area contributed by atoms with Crippen molar-refractivity contribution in [2.45, 2.75) is 13.3 Å². The second-order valence-corrected chi connectivity index (χ2v) is 4.07. The number of benzene rings is 2. The van der Waals surface area contributed by atoms with E-state index >= 15 is 0 Å². The van der Waals surface area contributed by atoms with Crippen LogP contribution in [-0.4, -0.2) is 0 Å². The van der Waals surface area contributed by atoms with Crippen LogP contribution in [0.2, 0.25) is 0 Å². The molecular weight excluding hydrogens is 220 g/mol. The molecule has 2 heteroatoms. The van der Waals surface area contributed by atoms with Crippen LogP contribution in [0.25, 0.3) is 11.1 Å². The molecule has 18 heavy (non-hydrogen) atoms. The molecule has 0 aliphatic carbocycles. The first-order valence-electron chi connectivity index (χ1n) is 5.81. The SMILES string of the molecule is CCc1ccc(-c2cc(C#N)cc(C#N)c2)cc1. The van der Waals surface area contributed by atoms with E-state index in [2.05, 4.69) is 31.2 Å². The van der Waals surface area contributed by atoms with Crippen molar-refractivity contribution < 1.29 is 0 Å². The number of hydrogen-bond acceptors (Lipinski definition) is 2. The standard InChI is InChI=1S/C16H12N2/c1-2-12-3-5-15(6-4-12)16-8-13(10-17)7-14(9-16)11-18/h3-9H,2H2,1H3. The Bertz CT molecular complexity index is 608. The first-order valence-corrected chi connectivity index (χ1v) is 5.81. The first-order chi connectivity index (χ1) is 8.76. The summed E-state index contributed by atoms with van der Waals surface area (Å²) in [4.78, 5) is 0. The molecule has 0 atom stereocenters. The third-order valence-corrected chi connectivity index (χ3v) is 2.89. The number of rotatable bonds is 2. The van der Waals surface area contributed by atoms with Gasteiger partial charge in [-0.25, -0.2) is 0 Å². The van der Waals surface area contributed by atoms with Gasteiger partial charge in [-0.3, -0.25) is 0 Å². The number of nitrogens with zero attached hydrogens (tertiary/aromatic N) is 2. The van der Waals surface area contributed by atoms with Gasteiger partial charge in [-0.2, -0.15) is 10.5 Å². The first kappa shape index (κ1) is 11.9. The summed E-state index contributed by atoms with van der Waals surface area (Å²) in [5.74, 6) is 0. The minimum absolute atomic E-state index is 0.517. The molecule has 0 heterocycles. The van der Waals surface area contributed by atoms with Crippen LogP contribution in [0.15, 0.2) is 42.5 Å². The van der Waals surface area contributed by atoms with E-state index < -0.39 is 0 Å². The normalized spacial score (nSPS) is 9.50. The maximum Gasteiger partial charge on any atom is 0.0992 e. The predicted octanol–water partition coefficient (Wildman–Crippen LogP) is 3.66. The predicted molar refractivity (Wildman–Crippen MR) is 70.7 cm³/mol. The maximum absolute atomic E-state index is 8.95. The lowest BCUT2D eigenvalue weighted by atomic mass is 9.99. The third-order valence-electron chi connectivity index (χ3n) is 2.89. The second kappa shape index (κ2) is 5.17. The lowest BCUT2D eigenvalue weighted by Crippen LogP contribution is -1.85. The van der Waals surface area contributed by atoms with Crippen molar-refractivity contribution in [2.75, 3.05) is 0 Å². The van der Waals surface area contributed by atoms with Crippen molar-refractivity contribution >= 4 is 0 Å². The molecule has 2 aromatic carbocycles. The maximum atomic E-state index is 8.95. The van der Waals surface area contributed by atoms with Gasteiger partial charge in [0, 0.05) is 0 Å². The van der Waals surface area contributed by atoms with E-state index in [4.69, 9.17) is 10.5 Å². The Labute approximate surface area is 107 Å². The molecule has 0 saturated heterocycles. The average molecular weight is 232 g/mol. The van der Waals surface area contributed by atoms with Crippen LogP contribution in [0.3, 0.4) is 0 Å². The summed E-state index contributed by atoms with van der Waals surface area (Å²) in [6.07, 6.45) is 1.00. The quantitative estimate of drug-likeness (QED) is 0.793. The Kier molecular flexibility index (Phi) is 3.41. The summed E-state index contributed by atoms with van der Waals surface area (Å²) < 4.78 is 0. The molecule has 0 unspecified atom stereocenters. The highest BCUT2D eigenvalue weighted by Crippen LogP contribution is 2.22. The largest absolute Gasteiger partial charge is 0.192 e. The minimum atomic E-state index is 0.517. The van der Waals surface area contributed by atoms with Crippen molar-refractivity contribution in [1.29, 1.82) is 10.5 Å². The molecule has 2 rings (SSSR count). The molecule has 0 N–H and O–H groups in total. The molecule has 0 radical (unpaired) electrons. The fraction of sp³-hybridized carbons (Fsp3) is 0.125. The molecule has 0 fully saturated rings. The summed E-state index contributed by atoms with van der Waals surface area (Å²) >= 11 is 0. The smallest absolute Gasteiger partial charge is 0.0992 e. The minimum Gasteiger partial charge on any atom is -0.192 e. The summed E-state index contributed by atoms with van der Waals surface area (Å²) in [5.41, 5.74) is 4.25. The van der Waals surface area contributed by atoms with Crippen LogP contribution in [0.1, 0.15) is 23.6 Å². The lowest BCUT2D eigenvalue weighted by Gasteiger charge is -2.04. The topological polar surface area (TPSA) is 47.6 Å². The second-order valence-electron chi connectivity index (χ2n) is 4.07. The Balaban J connectivity index is 2.50. The summed E-state index contributed by atoms with van der Waals surface area (Å²) in [7, 11) is 0. The Morgan fingerprint density at radius 1 is 0.833 bits per heavy atom. The Morgan fingerprint density at radius 2 is 1.39 bits per heavy atom. The molecule has 2 aromatic rings. The zero-order chi connectivity index (χ0) is 13.0.